The number of carbonyl (C=O) groups excluding carboxylic acids is 1. The Hall–Kier alpha value is -1.16. The number of ether oxygens (including phenoxy) is 1. The minimum atomic E-state index is -0.0788. The summed E-state index contributed by atoms with van der Waals surface area (Å²) in [5.41, 5.74) is 1.99. The maximum absolute atomic E-state index is 11.3. The second kappa shape index (κ2) is 3.53. The summed E-state index contributed by atoms with van der Waals surface area (Å²) in [4.78, 5) is 11.3. The van der Waals surface area contributed by atoms with Gasteiger partial charge in [-0.2, -0.15) is 5.10 Å². The third-order valence-electron chi connectivity index (χ3n) is 2.51. The molecule has 0 radical (unpaired) electrons. The van der Waals surface area contributed by atoms with Gasteiger partial charge < -0.3 is 4.74 Å². The first-order valence-corrected chi connectivity index (χ1v) is 4.80. The molecule has 1 aromatic rings. The molecule has 1 unspecified atom stereocenters. The van der Waals surface area contributed by atoms with Crippen molar-refractivity contribution < 1.29 is 9.53 Å². The SMILES string of the molecule is Cc1nn(C)cc1C1CC(=O)CCO1. The number of ketones is 1. The van der Waals surface area contributed by atoms with Crippen molar-refractivity contribution in [2.45, 2.75) is 25.9 Å². The Kier molecular flexibility index (Phi) is 2.37. The van der Waals surface area contributed by atoms with E-state index in [1.54, 1.807) is 4.68 Å². The van der Waals surface area contributed by atoms with Crippen LogP contribution < -0.4 is 0 Å². The average Bonchev–Trinajstić information content (AvgIpc) is 2.45. The zero-order valence-corrected chi connectivity index (χ0v) is 8.49. The second-order valence-electron chi connectivity index (χ2n) is 3.70. The average molecular weight is 194 g/mol. The van der Waals surface area contributed by atoms with E-state index in [-0.39, 0.29) is 11.9 Å². The first-order valence-electron chi connectivity index (χ1n) is 4.80. The molecule has 1 atom stereocenters. The van der Waals surface area contributed by atoms with Crippen LogP contribution in [0, 0.1) is 6.92 Å². The minimum Gasteiger partial charge on any atom is -0.372 e. The van der Waals surface area contributed by atoms with Gasteiger partial charge in [0, 0.05) is 31.6 Å². The summed E-state index contributed by atoms with van der Waals surface area (Å²) in [5.74, 6) is 0.282. The van der Waals surface area contributed by atoms with E-state index in [2.05, 4.69) is 5.10 Å². The maximum atomic E-state index is 11.3. The van der Waals surface area contributed by atoms with Crippen molar-refractivity contribution in [1.82, 2.24) is 9.78 Å². The van der Waals surface area contributed by atoms with Crippen LogP contribution in [0.15, 0.2) is 6.20 Å². The van der Waals surface area contributed by atoms with Crippen molar-refractivity contribution in [3.8, 4) is 0 Å². The van der Waals surface area contributed by atoms with Gasteiger partial charge in [-0.05, 0) is 6.92 Å². The number of aryl methyl sites for hydroxylation is 2. The van der Waals surface area contributed by atoms with Gasteiger partial charge in [-0.1, -0.05) is 0 Å². The van der Waals surface area contributed by atoms with Crippen LogP contribution in [0.4, 0.5) is 0 Å². The molecule has 4 nitrogen and oxygen atoms in total. The Labute approximate surface area is 82.9 Å². The molecule has 0 aliphatic carbocycles. The predicted molar refractivity (Wildman–Crippen MR) is 50.9 cm³/mol. The van der Waals surface area contributed by atoms with E-state index in [0.29, 0.717) is 19.4 Å². The lowest BCUT2D eigenvalue weighted by Crippen LogP contribution is -2.19. The molecule has 0 bridgehead atoms. The Morgan fingerprint density at radius 2 is 2.43 bits per heavy atom. The second-order valence-corrected chi connectivity index (χ2v) is 3.70. The Balaban J connectivity index is 2.21. The molecule has 2 heterocycles. The van der Waals surface area contributed by atoms with Crippen LogP contribution in [0.1, 0.15) is 30.2 Å². The molecule has 2 rings (SSSR count). The third kappa shape index (κ3) is 1.70. The lowest BCUT2D eigenvalue weighted by Gasteiger charge is -2.21. The van der Waals surface area contributed by atoms with E-state index < -0.39 is 0 Å². The van der Waals surface area contributed by atoms with Gasteiger partial charge >= 0.3 is 0 Å². The van der Waals surface area contributed by atoms with Crippen molar-refractivity contribution in [3.63, 3.8) is 0 Å². The van der Waals surface area contributed by atoms with Gasteiger partial charge in [0.05, 0.1) is 18.4 Å². The van der Waals surface area contributed by atoms with Gasteiger partial charge in [-0.25, -0.2) is 0 Å². The standard InChI is InChI=1S/C10H14N2O2/c1-7-9(6-12(2)11-7)10-5-8(13)3-4-14-10/h6,10H,3-5H2,1-2H3. The van der Waals surface area contributed by atoms with Crippen LogP contribution >= 0.6 is 0 Å². The van der Waals surface area contributed by atoms with Crippen molar-refractivity contribution in [2.75, 3.05) is 6.61 Å². The fourth-order valence-corrected chi connectivity index (χ4v) is 1.82. The van der Waals surface area contributed by atoms with Crippen LogP contribution in [-0.2, 0) is 16.6 Å². The highest BCUT2D eigenvalue weighted by molar-refractivity contribution is 5.79. The first kappa shape index (κ1) is 9.40. The van der Waals surface area contributed by atoms with Crippen LogP contribution in [0.2, 0.25) is 0 Å². The number of Topliss-reactive ketones (excluding diaryl/α,β-unsaturated/α-hetero) is 1. The normalized spacial score (nSPS) is 22.7. The number of nitrogens with zero attached hydrogens (tertiary/aromatic N) is 2. The highest BCUT2D eigenvalue weighted by Gasteiger charge is 2.24. The molecular weight excluding hydrogens is 180 g/mol. The Morgan fingerprint density at radius 3 is 3.00 bits per heavy atom. The molecular formula is C10H14N2O2. The maximum Gasteiger partial charge on any atom is 0.138 e. The summed E-state index contributed by atoms with van der Waals surface area (Å²) >= 11 is 0. The van der Waals surface area contributed by atoms with Gasteiger partial charge in [-0.15, -0.1) is 0 Å². The van der Waals surface area contributed by atoms with Crippen LogP contribution in [0.25, 0.3) is 0 Å². The molecule has 14 heavy (non-hydrogen) atoms. The molecule has 1 aliphatic rings. The highest BCUT2D eigenvalue weighted by atomic mass is 16.5. The van der Waals surface area contributed by atoms with Crippen LogP contribution in [0.3, 0.4) is 0 Å². The Bertz CT molecular complexity index is 357. The number of rotatable bonds is 1. The van der Waals surface area contributed by atoms with Gasteiger partial charge in [0.15, 0.2) is 0 Å². The van der Waals surface area contributed by atoms with Crippen molar-refractivity contribution >= 4 is 5.78 Å². The van der Waals surface area contributed by atoms with E-state index in [0.717, 1.165) is 11.3 Å². The molecule has 76 valence electrons. The summed E-state index contributed by atoms with van der Waals surface area (Å²) in [7, 11) is 1.88. The van der Waals surface area contributed by atoms with Crippen molar-refractivity contribution in [2.24, 2.45) is 7.05 Å². The van der Waals surface area contributed by atoms with Gasteiger partial charge in [0.2, 0.25) is 0 Å². The quantitative estimate of drug-likeness (QED) is 0.673. The number of hydrogen-bond donors (Lipinski definition) is 0. The minimum absolute atomic E-state index is 0.0788. The summed E-state index contributed by atoms with van der Waals surface area (Å²) in [6.07, 6.45) is 2.89. The zero-order chi connectivity index (χ0) is 10.1. The summed E-state index contributed by atoms with van der Waals surface area (Å²) in [5, 5.41) is 4.24. The molecule has 1 fully saturated rings. The van der Waals surface area contributed by atoms with Crippen LogP contribution in [-0.4, -0.2) is 22.2 Å². The zero-order valence-electron chi connectivity index (χ0n) is 8.49. The molecule has 0 spiro atoms. The first-order chi connectivity index (χ1) is 6.66. The lowest BCUT2D eigenvalue weighted by atomic mass is 10.0. The van der Waals surface area contributed by atoms with Gasteiger partial charge in [-0.3, -0.25) is 9.48 Å². The molecule has 1 aliphatic heterocycles. The molecule has 0 saturated carbocycles. The molecule has 1 aromatic heterocycles. The van der Waals surface area contributed by atoms with E-state index in [4.69, 9.17) is 4.74 Å². The van der Waals surface area contributed by atoms with E-state index in [9.17, 15) is 4.79 Å². The van der Waals surface area contributed by atoms with E-state index in [1.165, 1.54) is 0 Å². The monoisotopic (exact) mass is 194 g/mol. The van der Waals surface area contributed by atoms with Crippen molar-refractivity contribution in [1.29, 1.82) is 0 Å². The smallest absolute Gasteiger partial charge is 0.138 e. The molecule has 0 amide bonds. The lowest BCUT2D eigenvalue weighted by molar-refractivity contribution is -0.128. The van der Waals surface area contributed by atoms with E-state index >= 15 is 0 Å². The third-order valence-corrected chi connectivity index (χ3v) is 2.51. The number of hydrogen-bond acceptors (Lipinski definition) is 3. The van der Waals surface area contributed by atoms with Crippen LogP contribution in [0.5, 0.6) is 0 Å². The summed E-state index contributed by atoms with van der Waals surface area (Å²) in [6.45, 7) is 2.48. The molecule has 1 saturated heterocycles. The van der Waals surface area contributed by atoms with Gasteiger partial charge in [0.1, 0.15) is 5.78 Å². The Morgan fingerprint density at radius 1 is 1.64 bits per heavy atom. The van der Waals surface area contributed by atoms with Gasteiger partial charge in [0.25, 0.3) is 0 Å². The predicted octanol–water partition coefficient (Wildman–Crippen LogP) is 1.15. The highest BCUT2D eigenvalue weighted by Crippen LogP contribution is 2.27. The summed E-state index contributed by atoms with van der Waals surface area (Å²) < 4.78 is 7.31. The topological polar surface area (TPSA) is 44.1 Å². The van der Waals surface area contributed by atoms with E-state index in [1.807, 2.05) is 20.2 Å². The summed E-state index contributed by atoms with van der Waals surface area (Å²) in [6, 6.07) is 0. The number of carbonyl (C=O) groups is 1. The molecule has 0 aromatic carbocycles. The van der Waals surface area contributed by atoms with Crippen molar-refractivity contribution in [3.05, 3.63) is 17.5 Å². The fraction of sp³-hybridized carbons (Fsp3) is 0.600. The molecule has 0 N–H and O–H groups in total. The fourth-order valence-electron chi connectivity index (χ4n) is 1.82. The molecule has 4 heteroatoms. The number of aromatic nitrogens is 2. The largest absolute Gasteiger partial charge is 0.372 e.